The molecule has 0 fully saturated rings. The van der Waals surface area contributed by atoms with E-state index in [1.807, 2.05) is 30.3 Å². The SMILES string of the molecule is O=C(CS(=O)Cc1ccccc1)c1cccc(Cl)c1. The fourth-order valence-electron chi connectivity index (χ4n) is 1.70. The van der Waals surface area contributed by atoms with Crippen LogP contribution in [0.3, 0.4) is 0 Å². The van der Waals surface area contributed by atoms with Crippen molar-refractivity contribution in [3.05, 3.63) is 70.7 Å². The molecule has 0 saturated carbocycles. The Balaban J connectivity index is 1.98. The summed E-state index contributed by atoms with van der Waals surface area (Å²) in [6.07, 6.45) is 0. The lowest BCUT2D eigenvalue weighted by Crippen LogP contribution is -2.12. The van der Waals surface area contributed by atoms with Crippen molar-refractivity contribution in [2.24, 2.45) is 0 Å². The van der Waals surface area contributed by atoms with Gasteiger partial charge in [0.1, 0.15) is 0 Å². The molecule has 1 atom stereocenters. The van der Waals surface area contributed by atoms with Crippen molar-refractivity contribution in [3.63, 3.8) is 0 Å². The van der Waals surface area contributed by atoms with E-state index in [1.165, 1.54) is 0 Å². The number of Topliss-reactive ketones (excluding diaryl/α,β-unsaturated/α-hetero) is 1. The minimum atomic E-state index is -1.20. The summed E-state index contributed by atoms with van der Waals surface area (Å²) in [4.78, 5) is 11.9. The highest BCUT2D eigenvalue weighted by atomic mass is 35.5. The molecule has 4 heteroatoms. The van der Waals surface area contributed by atoms with Crippen molar-refractivity contribution in [1.82, 2.24) is 0 Å². The Morgan fingerprint density at radius 2 is 1.79 bits per heavy atom. The predicted molar refractivity (Wildman–Crippen MR) is 78.9 cm³/mol. The summed E-state index contributed by atoms with van der Waals surface area (Å²) in [6.45, 7) is 0. The summed E-state index contributed by atoms with van der Waals surface area (Å²) >= 11 is 5.83. The molecular formula is C15H13ClO2S. The number of carbonyl (C=O) groups is 1. The van der Waals surface area contributed by atoms with Crippen LogP contribution in [0.2, 0.25) is 5.02 Å². The molecular weight excluding hydrogens is 280 g/mol. The van der Waals surface area contributed by atoms with Crippen LogP contribution in [0.15, 0.2) is 54.6 Å². The Bertz CT molecular complexity index is 596. The lowest BCUT2D eigenvalue weighted by molar-refractivity contribution is 0.102. The molecule has 0 bridgehead atoms. The second-order valence-corrected chi connectivity index (χ2v) is 6.04. The Hall–Kier alpha value is -1.45. The number of ketones is 1. The summed E-state index contributed by atoms with van der Waals surface area (Å²) < 4.78 is 11.9. The standard InChI is InChI=1S/C15H13ClO2S/c16-14-8-4-7-13(9-14)15(17)11-19(18)10-12-5-2-1-3-6-12/h1-9H,10-11H2. The molecule has 0 aliphatic carbocycles. The molecule has 0 N–H and O–H groups in total. The van der Waals surface area contributed by atoms with Gasteiger partial charge < -0.3 is 0 Å². The molecule has 19 heavy (non-hydrogen) atoms. The van der Waals surface area contributed by atoms with Crippen molar-refractivity contribution < 1.29 is 9.00 Å². The van der Waals surface area contributed by atoms with E-state index in [9.17, 15) is 9.00 Å². The molecule has 1 unspecified atom stereocenters. The quantitative estimate of drug-likeness (QED) is 0.791. The van der Waals surface area contributed by atoms with E-state index in [1.54, 1.807) is 24.3 Å². The van der Waals surface area contributed by atoms with E-state index in [2.05, 4.69) is 0 Å². The third kappa shape index (κ3) is 4.30. The van der Waals surface area contributed by atoms with E-state index >= 15 is 0 Å². The monoisotopic (exact) mass is 292 g/mol. The first-order chi connectivity index (χ1) is 9.15. The van der Waals surface area contributed by atoms with Gasteiger partial charge in [0.25, 0.3) is 0 Å². The number of hydrogen-bond acceptors (Lipinski definition) is 2. The zero-order valence-electron chi connectivity index (χ0n) is 10.2. The molecule has 0 spiro atoms. The molecule has 0 heterocycles. The second kappa shape index (κ2) is 6.64. The molecule has 0 aliphatic heterocycles. The van der Waals surface area contributed by atoms with E-state index in [4.69, 9.17) is 11.6 Å². The van der Waals surface area contributed by atoms with Crippen LogP contribution < -0.4 is 0 Å². The van der Waals surface area contributed by atoms with Crippen LogP contribution in [0.1, 0.15) is 15.9 Å². The zero-order chi connectivity index (χ0) is 13.7. The average Bonchev–Trinajstić information content (AvgIpc) is 2.39. The maximum absolute atomic E-state index is 11.9. The Labute approximate surface area is 119 Å². The maximum Gasteiger partial charge on any atom is 0.175 e. The van der Waals surface area contributed by atoms with E-state index in [0.29, 0.717) is 16.3 Å². The Morgan fingerprint density at radius 3 is 2.47 bits per heavy atom. The van der Waals surface area contributed by atoms with Crippen molar-refractivity contribution in [2.45, 2.75) is 5.75 Å². The largest absolute Gasteiger partial charge is 0.293 e. The normalized spacial score (nSPS) is 12.1. The van der Waals surface area contributed by atoms with Crippen LogP contribution in [0.4, 0.5) is 0 Å². The third-order valence-electron chi connectivity index (χ3n) is 2.61. The number of carbonyl (C=O) groups excluding carboxylic acids is 1. The smallest absolute Gasteiger partial charge is 0.175 e. The fourth-order valence-corrected chi connectivity index (χ4v) is 3.02. The molecule has 0 aromatic heterocycles. The van der Waals surface area contributed by atoms with Crippen LogP contribution in [0.25, 0.3) is 0 Å². The molecule has 0 saturated heterocycles. The summed E-state index contributed by atoms with van der Waals surface area (Å²) in [7, 11) is -1.20. The van der Waals surface area contributed by atoms with Gasteiger partial charge in [-0.05, 0) is 17.7 Å². The Morgan fingerprint density at radius 1 is 1.05 bits per heavy atom. The van der Waals surface area contributed by atoms with Crippen molar-refractivity contribution in [1.29, 1.82) is 0 Å². The first-order valence-electron chi connectivity index (χ1n) is 5.83. The lowest BCUT2D eigenvalue weighted by Gasteiger charge is -2.03. The highest BCUT2D eigenvalue weighted by Crippen LogP contribution is 2.12. The molecule has 0 amide bonds. The second-order valence-electron chi connectivity index (χ2n) is 4.15. The highest BCUT2D eigenvalue weighted by Gasteiger charge is 2.11. The summed E-state index contributed by atoms with van der Waals surface area (Å²) in [5, 5.41) is 0.514. The molecule has 2 aromatic carbocycles. The highest BCUT2D eigenvalue weighted by molar-refractivity contribution is 7.85. The van der Waals surface area contributed by atoms with Gasteiger partial charge in [0.15, 0.2) is 5.78 Å². The third-order valence-corrected chi connectivity index (χ3v) is 4.08. The minimum Gasteiger partial charge on any atom is -0.293 e. The van der Waals surface area contributed by atoms with Crippen molar-refractivity contribution in [2.75, 3.05) is 5.75 Å². The van der Waals surface area contributed by atoms with Gasteiger partial charge in [-0.2, -0.15) is 0 Å². The zero-order valence-corrected chi connectivity index (χ0v) is 11.8. The van der Waals surface area contributed by atoms with Crippen LogP contribution in [-0.4, -0.2) is 15.7 Å². The molecule has 0 aliphatic rings. The maximum atomic E-state index is 11.9. The molecule has 2 aromatic rings. The average molecular weight is 293 g/mol. The van der Waals surface area contributed by atoms with Gasteiger partial charge in [0.2, 0.25) is 0 Å². The molecule has 2 nitrogen and oxygen atoms in total. The topological polar surface area (TPSA) is 34.1 Å². The first-order valence-corrected chi connectivity index (χ1v) is 7.69. The van der Waals surface area contributed by atoms with Crippen molar-refractivity contribution in [3.8, 4) is 0 Å². The minimum absolute atomic E-state index is 0.0231. The van der Waals surface area contributed by atoms with Crippen LogP contribution in [-0.2, 0) is 16.6 Å². The molecule has 0 radical (unpaired) electrons. The predicted octanol–water partition coefficient (Wildman–Crippen LogP) is 3.47. The number of benzene rings is 2. The van der Waals surface area contributed by atoms with Gasteiger partial charge in [0.05, 0.1) is 5.75 Å². The fraction of sp³-hybridized carbons (Fsp3) is 0.133. The van der Waals surface area contributed by atoms with Gasteiger partial charge in [-0.25, -0.2) is 0 Å². The number of hydrogen-bond donors (Lipinski definition) is 0. The van der Waals surface area contributed by atoms with Gasteiger partial charge in [-0.1, -0.05) is 54.1 Å². The van der Waals surface area contributed by atoms with Gasteiger partial charge in [-0.3, -0.25) is 9.00 Å². The molecule has 2 rings (SSSR count). The summed E-state index contributed by atoms with van der Waals surface area (Å²) in [5.41, 5.74) is 1.48. The van der Waals surface area contributed by atoms with E-state index < -0.39 is 10.8 Å². The van der Waals surface area contributed by atoms with Crippen LogP contribution >= 0.6 is 11.6 Å². The summed E-state index contributed by atoms with van der Waals surface area (Å²) in [5.74, 6) is 0.277. The van der Waals surface area contributed by atoms with E-state index in [-0.39, 0.29) is 11.5 Å². The van der Waals surface area contributed by atoms with Gasteiger partial charge >= 0.3 is 0 Å². The molecule has 98 valence electrons. The first kappa shape index (κ1) is 14.0. The van der Waals surface area contributed by atoms with E-state index in [0.717, 1.165) is 5.56 Å². The van der Waals surface area contributed by atoms with Gasteiger partial charge in [0, 0.05) is 27.1 Å². The Kier molecular flexibility index (Phi) is 4.88. The van der Waals surface area contributed by atoms with Crippen LogP contribution in [0.5, 0.6) is 0 Å². The lowest BCUT2D eigenvalue weighted by atomic mass is 10.1. The van der Waals surface area contributed by atoms with Crippen LogP contribution in [0, 0.1) is 0 Å². The number of rotatable bonds is 5. The summed E-state index contributed by atoms with van der Waals surface area (Å²) in [6, 6.07) is 16.2. The van der Waals surface area contributed by atoms with Gasteiger partial charge in [-0.15, -0.1) is 0 Å². The number of halogens is 1. The van der Waals surface area contributed by atoms with Crippen molar-refractivity contribution >= 4 is 28.2 Å².